The molecule has 23 heavy (non-hydrogen) atoms. The van der Waals surface area contributed by atoms with Gasteiger partial charge in [0.15, 0.2) is 5.82 Å². The maximum atomic E-state index is 5.41. The normalized spacial score (nSPS) is 18.6. The Morgan fingerprint density at radius 3 is 2.96 bits per heavy atom. The maximum Gasteiger partial charge on any atom is 0.231 e. The maximum absolute atomic E-state index is 5.41. The fourth-order valence-electron chi connectivity index (χ4n) is 3.03. The van der Waals surface area contributed by atoms with Gasteiger partial charge in [0.2, 0.25) is 5.89 Å². The summed E-state index contributed by atoms with van der Waals surface area (Å²) in [5, 5.41) is 7.50. The van der Waals surface area contributed by atoms with E-state index in [1.54, 1.807) is 0 Å². The van der Waals surface area contributed by atoms with Crippen molar-refractivity contribution in [3.05, 3.63) is 47.1 Å². The Bertz CT molecular complexity index is 616. The zero-order chi connectivity index (χ0) is 15.4. The molecule has 1 aromatic carbocycles. The third-order valence-corrected chi connectivity index (χ3v) is 4.39. The summed E-state index contributed by atoms with van der Waals surface area (Å²) in [7, 11) is 2.03. The first-order chi connectivity index (χ1) is 10.7. The van der Waals surface area contributed by atoms with Crippen LogP contribution in [0.15, 0.2) is 28.8 Å². The minimum absolute atomic E-state index is 0. The fourth-order valence-corrected chi connectivity index (χ4v) is 3.03. The van der Waals surface area contributed by atoms with Gasteiger partial charge in [0.25, 0.3) is 0 Å². The lowest BCUT2D eigenvalue weighted by molar-refractivity contribution is 0.182. The smallest absolute Gasteiger partial charge is 0.231 e. The zero-order valence-electron chi connectivity index (χ0n) is 13.8. The molecule has 1 N–H and O–H groups in total. The number of aryl methyl sites for hydroxylation is 1. The predicted octanol–water partition coefficient (Wildman–Crippen LogP) is 2.57. The highest BCUT2D eigenvalue weighted by Crippen LogP contribution is 2.15. The molecule has 1 fully saturated rings. The molecular formula is C17H25ClN4O. The number of aromatic nitrogens is 2. The number of hydrogen-bond acceptors (Lipinski definition) is 5. The molecule has 126 valence electrons. The van der Waals surface area contributed by atoms with Crippen molar-refractivity contribution >= 4 is 12.4 Å². The number of nitrogens with one attached hydrogen (secondary N) is 1. The number of hydrogen-bond donors (Lipinski definition) is 1. The van der Waals surface area contributed by atoms with Crippen LogP contribution in [0, 0.1) is 6.92 Å². The van der Waals surface area contributed by atoms with Crippen molar-refractivity contribution in [2.75, 3.05) is 20.1 Å². The Morgan fingerprint density at radius 2 is 2.17 bits per heavy atom. The molecule has 2 heterocycles. The van der Waals surface area contributed by atoms with Crippen molar-refractivity contribution in [1.82, 2.24) is 20.4 Å². The number of piperidine rings is 1. The third-order valence-electron chi connectivity index (χ3n) is 4.39. The van der Waals surface area contributed by atoms with E-state index in [0.29, 0.717) is 18.4 Å². The van der Waals surface area contributed by atoms with Crippen molar-refractivity contribution < 1.29 is 4.52 Å². The first-order valence-corrected chi connectivity index (χ1v) is 8.00. The van der Waals surface area contributed by atoms with Crippen LogP contribution in [0.1, 0.15) is 35.7 Å². The average molecular weight is 337 g/mol. The average Bonchev–Trinajstić information content (AvgIpc) is 2.97. The second-order valence-electron chi connectivity index (χ2n) is 6.07. The number of halogens is 1. The standard InChI is InChI=1S/C17H24N4O.ClH/c1-13-6-3-4-7-14(13)10-17-19-16(20-22-17)12-21-9-5-8-15(11-21)18-2;/h3-4,6-7,15,18H,5,8-12H2,1-2H3;1H. The van der Waals surface area contributed by atoms with Gasteiger partial charge < -0.3 is 9.84 Å². The first kappa shape index (κ1) is 17.9. The minimum Gasteiger partial charge on any atom is -0.339 e. The van der Waals surface area contributed by atoms with E-state index >= 15 is 0 Å². The molecule has 1 saturated heterocycles. The van der Waals surface area contributed by atoms with Gasteiger partial charge in [0.05, 0.1) is 13.0 Å². The molecule has 0 amide bonds. The number of nitrogens with zero attached hydrogens (tertiary/aromatic N) is 3. The SMILES string of the molecule is CNC1CCCN(Cc2noc(Cc3ccccc3C)n2)C1.Cl. The summed E-state index contributed by atoms with van der Waals surface area (Å²) < 4.78 is 5.41. The first-order valence-electron chi connectivity index (χ1n) is 8.00. The molecule has 1 atom stereocenters. The Balaban J connectivity index is 0.00000192. The molecule has 1 aliphatic heterocycles. The molecule has 0 saturated carbocycles. The van der Waals surface area contributed by atoms with Gasteiger partial charge in [-0.15, -0.1) is 12.4 Å². The number of likely N-dealkylation sites (N-methyl/N-ethyl adjacent to an activating group) is 1. The topological polar surface area (TPSA) is 54.2 Å². The van der Waals surface area contributed by atoms with E-state index in [4.69, 9.17) is 4.52 Å². The monoisotopic (exact) mass is 336 g/mol. The molecule has 0 spiro atoms. The highest BCUT2D eigenvalue weighted by atomic mass is 35.5. The Labute approximate surface area is 143 Å². The van der Waals surface area contributed by atoms with Crippen molar-refractivity contribution in [3.63, 3.8) is 0 Å². The van der Waals surface area contributed by atoms with Crippen LogP contribution in [-0.4, -0.2) is 41.2 Å². The van der Waals surface area contributed by atoms with Crippen molar-refractivity contribution in [3.8, 4) is 0 Å². The molecule has 6 heteroatoms. The van der Waals surface area contributed by atoms with Crippen LogP contribution in [0.4, 0.5) is 0 Å². The summed E-state index contributed by atoms with van der Waals surface area (Å²) in [6.45, 7) is 5.05. The Morgan fingerprint density at radius 1 is 1.35 bits per heavy atom. The number of likely N-dealkylation sites (tertiary alicyclic amines) is 1. The highest BCUT2D eigenvalue weighted by Gasteiger charge is 2.20. The lowest BCUT2D eigenvalue weighted by atomic mass is 10.1. The van der Waals surface area contributed by atoms with Gasteiger partial charge in [0.1, 0.15) is 0 Å². The van der Waals surface area contributed by atoms with Gasteiger partial charge in [-0.1, -0.05) is 29.4 Å². The van der Waals surface area contributed by atoms with Gasteiger partial charge in [-0.25, -0.2) is 0 Å². The van der Waals surface area contributed by atoms with E-state index in [2.05, 4.69) is 39.4 Å². The summed E-state index contributed by atoms with van der Waals surface area (Å²) in [6.07, 6.45) is 3.18. The lowest BCUT2D eigenvalue weighted by Gasteiger charge is -2.31. The van der Waals surface area contributed by atoms with E-state index in [1.807, 2.05) is 19.2 Å². The van der Waals surface area contributed by atoms with Gasteiger partial charge in [-0.2, -0.15) is 4.98 Å². The fraction of sp³-hybridized carbons (Fsp3) is 0.529. The van der Waals surface area contributed by atoms with Gasteiger partial charge in [0, 0.05) is 12.6 Å². The molecule has 1 aromatic heterocycles. The van der Waals surface area contributed by atoms with Gasteiger partial charge in [-0.05, 0) is 44.5 Å². The minimum atomic E-state index is 0. The summed E-state index contributed by atoms with van der Waals surface area (Å²) in [5.41, 5.74) is 2.50. The predicted molar refractivity (Wildman–Crippen MR) is 92.9 cm³/mol. The van der Waals surface area contributed by atoms with Crippen LogP contribution in [0.25, 0.3) is 0 Å². The number of rotatable bonds is 5. The van der Waals surface area contributed by atoms with Crippen LogP contribution in [0.5, 0.6) is 0 Å². The van der Waals surface area contributed by atoms with Crippen molar-refractivity contribution in [1.29, 1.82) is 0 Å². The van der Waals surface area contributed by atoms with E-state index in [0.717, 1.165) is 25.5 Å². The van der Waals surface area contributed by atoms with E-state index < -0.39 is 0 Å². The molecular weight excluding hydrogens is 312 g/mol. The number of benzene rings is 1. The van der Waals surface area contributed by atoms with Crippen LogP contribution in [-0.2, 0) is 13.0 Å². The Kier molecular flexibility index (Phi) is 6.57. The molecule has 1 aliphatic rings. The van der Waals surface area contributed by atoms with E-state index in [1.165, 1.54) is 24.0 Å². The molecule has 0 aliphatic carbocycles. The Hall–Kier alpha value is -1.43. The summed E-state index contributed by atoms with van der Waals surface area (Å²) in [6, 6.07) is 8.89. The molecule has 5 nitrogen and oxygen atoms in total. The summed E-state index contributed by atoms with van der Waals surface area (Å²) >= 11 is 0. The molecule has 2 aromatic rings. The summed E-state index contributed by atoms with van der Waals surface area (Å²) in [4.78, 5) is 6.95. The zero-order valence-corrected chi connectivity index (χ0v) is 14.6. The van der Waals surface area contributed by atoms with Crippen LogP contribution in [0.3, 0.4) is 0 Å². The third kappa shape index (κ3) is 4.77. The van der Waals surface area contributed by atoms with Gasteiger partial charge in [-0.3, -0.25) is 4.90 Å². The van der Waals surface area contributed by atoms with Crippen molar-refractivity contribution in [2.45, 2.75) is 38.8 Å². The summed E-state index contributed by atoms with van der Waals surface area (Å²) in [5.74, 6) is 1.49. The van der Waals surface area contributed by atoms with E-state index in [9.17, 15) is 0 Å². The molecule has 0 bridgehead atoms. The largest absolute Gasteiger partial charge is 0.339 e. The van der Waals surface area contributed by atoms with Gasteiger partial charge >= 0.3 is 0 Å². The van der Waals surface area contributed by atoms with Crippen molar-refractivity contribution in [2.24, 2.45) is 0 Å². The van der Waals surface area contributed by atoms with Crippen LogP contribution < -0.4 is 5.32 Å². The molecule has 1 unspecified atom stereocenters. The second kappa shape index (κ2) is 8.43. The van der Waals surface area contributed by atoms with E-state index in [-0.39, 0.29) is 12.4 Å². The second-order valence-corrected chi connectivity index (χ2v) is 6.07. The van der Waals surface area contributed by atoms with Crippen LogP contribution in [0.2, 0.25) is 0 Å². The lowest BCUT2D eigenvalue weighted by Crippen LogP contribution is -2.44. The van der Waals surface area contributed by atoms with Crippen LogP contribution >= 0.6 is 12.4 Å². The highest BCUT2D eigenvalue weighted by molar-refractivity contribution is 5.85. The molecule has 3 rings (SSSR count). The quantitative estimate of drug-likeness (QED) is 0.909. The molecule has 0 radical (unpaired) electrons.